The van der Waals surface area contributed by atoms with Crippen molar-refractivity contribution in [1.29, 1.82) is 0 Å². The van der Waals surface area contributed by atoms with Crippen molar-refractivity contribution >= 4 is 55.1 Å². The van der Waals surface area contributed by atoms with E-state index in [0.29, 0.717) is 12.0 Å². The van der Waals surface area contributed by atoms with Gasteiger partial charge in [0.25, 0.3) is 0 Å². The highest BCUT2D eigenvalue weighted by Crippen LogP contribution is 2.31. The summed E-state index contributed by atoms with van der Waals surface area (Å²) >= 11 is 4.81. The van der Waals surface area contributed by atoms with E-state index >= 15 is 0 Å². The summed E-state index contributed by atoms with van der Waals surface area (Å²) in [5.41, 5.74) is 1.98. The molecule has 1 heterocycles. The summed E-state index contributed by atoms with van der Waals surface area (Å²) in [6.45, 7) is 0. The number of allylic oxidation sites excluding steroid dienone is 1. The smallest absolute Gasteiger partial charge is 0.303 e. The first-order chi connectivity index (χ1) is 11.5. The maximum Gasteiger partial charge on any atom is 0.303 e. The molecule has 0 spiro atoms. The van der Waals surface area contributed by atoms with Crippen molar-refractivity contribution in [3.8, 4) is 0 Å². The first-order valence-electron chi connectivity index (χ1n) is 7.26. The number of rotatable bonds is 5. The second kappa shape index (κ2) is 7.23. The lowest BCUT2D eigenvalue weighted by atomic mass is 10.1. The molecule has 3 rings (SSSR count). The predicted molar refractivity (Wildman–Crippen MR) is 98.5 cm³/mol. The number of hydrogen-bond donors (Lipinski definition) is 1. The van der Waals surface area contributed by atoms with Crippen molar-refractivity contribution in [1.82, 2.24) is 4.98 Å². The number of fused-ring (bicyclic) bond motifs is 1. The summed E-state index contributed by atoms with van der Waals surface area (Å²) < 4.78 is 15.8. The van der Waals surface area contributed by atoms with Gasteiger partial charge in [0.1, 0.15) is 10.8 Å². The minimum Gasteiger partial charge on any atom is -0.481 e. The maximum absolute atomic E-state index is 14.1. The van der Waals surface area contributed by atoms with Crippen LogP contribution in [0.4, 0.5) is 4.39 Å². The number of halogens is 2. The number of aromatic nitrogens is 1. The van der Waals surface area contributed by atoms with Crippen LogP contribution in [0, 0.1) is 5.82 Å². The average Bonchev–Trinajstić information content (AvgIpc) is 2.98. The lowest BCUT2D eigenvalue weighted by Gasteiger charge is -2.04. The third-order valence-corrected chi connectivity index (χ3v) is 5.07. The molecule has 1 N–H and O–H groups in total. The fraction of sp³-hybridized carbons (Fsp3) is 0.111. The van der Waals surface area contributed by atoms with Crippen LogP contribution in [-0.2, 0) is 4.79 Å². The van der Waals surface area contributed by atoms with Gasteiger partial charge in [0.05, 0.1) is 10.2 Å². The number of para-hydroxylation sites is 1. The largest absolute Gasteiger partial charge is 0.481 e. The van der Waals surface area contributed by atoms with Gasteiger partial charge >= 0.3 is 5.97 Å². The van der Waals surface area contributed by atoms with Crippen molar-refractivity contribution < 1.29 is 14.3 Å². The number of aliphatic carboxylic acids is 1. The van der Waals surface area contributed by atoms with Gasteiger partial charge < -0.3 is 5.11 Å². The zero-order valence-electron chi connectivity index (χ0n) is 12.5. The van der Waals surface area contributed by atoms with Crippen LogP contribution in [0.15, 0.2) is 46.9 Å². The van der Waals surface area contributed by atoms with E-state index in [2.05, 4.69) is 20.9 Å². The lowest BCUT2D eigenvalue weighted by molar-refractivity contribution is -0.136. The second-order valence-electron chi connectivity index (χ2n) is 5.22. The van der Waals surface area contributed by atoms with Gasteiger partial charge in [0, 0.05) is 16.5 Å². The van der Waals surface area contributed by atoms with Crippen LogP contribution in [0.1, 0.15) is 23.4 Å². The zero-order chi connectivity index (χ0) is 17.1. The molecule has 0 radical (unpaired) electrons. The van der Waals surface area contributed by atoms with Crippen LogP contribution in [0.25, 0.3) is 21.9 Å². The zero-order valence-corrected chi connectivity index (χ0v) is 14.9. The Morgan fingerprint density at radius 1 is 1.25 bits per heavy atom. The molecule has 0 aliphatic rings. The average molecular weight is 406 g/mol. The first kappa shape index (κ1) is 16.8. The lowest BCUT2D eigenvalue weighted by Crippen LogP contribution is -1.96. The molecule has 0 bridgehead atoms. The summed E-state index contributed by atoms with van der Waals surface area (Å²) in [7, 11) is 0. The van der Waals surface area contributed by atoms with Crippen LogP contribution >= 0.6 is 27.3 Å². The van der Waals surface area contributed by atoms with E-state index in [0.717, 1.165) is 25.3 Å². The Kier molecular flexibility index (Phi) is 5.06. The van der Waals surface area contributed by atoms with Gasteiger partial charge in [-0.05, 0) is 48.4 Å². The highest BCUT2D eigenvalue weighted by molar-refractivity contribution is 9.10. The van der Waals surface area contributed by atoms with Gasteiger partial charge in [-0.1, -0.05) is 28.1 Å². The molecule has 0 fully saturated rings. The fourth-order valence-corrected chi connectivity index (χ4v) is 3.69. The number of carboxylic acids is 1. The van der Waals surface area contributed by atoms with Gasteiger partial charge in [-0.2, -0.15) is 0 Å². The summed E-state index contributed by atoms with van der Waals surface area (Å²) in [6, 6.07) is 12.4. The number of nitrogens with zero attached hydrogens (tertiary/aromatic N) is 1. The van der Waals surface area contributed by atoms with Gasteiger partial charge in [0.15, 0.2) is 0 Å². The third kappa shape index (κ3) is 3.88. The molecular weight excluding hydrogens is 393 g/mol. The van der Waals surface area contributed by atoms with E-state index in [9.17, 15) is 9.18 Å². The molecule has 0 aliphatic carbocycles. The Labute approximate surface area is 150 Å². The summed E-state index contributed by atoms with van der Waals surface area (Å²) in [5, 5.41) is 9.71. The van der Waals surface area contributed by atoms with E-state index in [4.69, 9.17) is 5.11 Å². The van der Waals surface area contributed by atoms with Gasteiger partial charge in [0.2, 0.25) is 0 Å². The van der Waals surface area contributed by atoms with Crippen LogP contribution in [0.2, 0.25) is 0 Å². The first-order valence-corrected chi connectivity index (χ1v) is 8.87. The Morgan fingerprint density at radius 2 is 2.04 bits per heavy atom. The van der Waals surface area contributed by atoms with Crippen molar-refractivity contribution in [2.45, 2.75) is 12.8 Å². The van der Waals surface area contributed by atoms with Crippen LogP contribution in [0.3, 0.4) is 0 Å². The molecule has 1 aromatic heterocycles. The predicted octanol–water partition coefficient (Wildman–Crippen LogP) is 5.60. The Bertz CT molecular complexity index is 903. The van der Waals surface area contributed by atoms with Crippen molar-refractivity contribution in [3.63, 3.8) is 0 Å². The Balaban J connectivity index is 2.06. The molecule has 0 amide bonds. The standard InChI is InChI=1S/C18H13BrFNO2S/c19-13-6-7-14(20)12(10-13)9-11(5-8-17(22)23)18-21-15-3-1-2-4-16(15)24-18/h1-4,6-7,9-10H,5,8H2,(H,22,23)/b11-9-. The Hall–Kier alpha value is -2.05. The van der Waals surface area contributed by atoms with E-state index in [-0.39, 0.29) is 12.2 Å². The Morgan fingerprint density at radius 3 is 2.79 bits per heavy atom. The summed E-state index contributed by atoms with van der Waals surface area (Å²) in [6.07, 6.45) is 1.94. The van der Waals surface area contributed by atoms with Gasteiger partial charge in [-0.15, -0.1) is 11.3 Å². The molecule has 0 unspecified atom stereocenters. The topological polar surface area (TPSA) is 50.2 Å². The molecular formula is C18H13BrFNO2S. The molecule has 3 nitrogen and oxygen atoms in total. The number of benzene rings is 2. The van der Waals surface area contributed by atoms with E-state index in [1.807, 2.05) is 24.3 Å². The summed E-state index contributed by atoms with van der Waals surface area (Å²) in [4.78, 5) is 15.5. The van der Waals surface area contributed by atoms with E-state index in [1.165, 1.54) is 17.4 Å². The number of thiazole rings is 1. The number of carboxylic acid groups (broad SMARTS) is 1. The molecule has 0 saturated heterocycles. The molecule has 6 heteroatoms. The monoisotopic (exact) mass is 405 g/mol. The minimum absolute atomic E-state index is 0.0304. The minimum atomic E-state index is -0.892. The van der Waals surface area contributed by atoms with Crippen LogP contribution in [0.5, 0.6) is 0 Å². The van der Waals surface area contributed by atoms with Crippen LogP contribution in [-0.4, -0.2) is 16.1 Å². The molecule has 24 heavy (non-hydrogen) atoms. The quantitative estimate of drug-likeness (QED) is 0.600. The van der Waals surface area contributed by atoms with Crippen molar-refractivity contribution in [2.75, 3.05) is 0 Å². The highest BCUT2D eigenvalue weighted by Gasteiger charge is 2.12. The molecule has 2 aromatic carbocycles. The molecule has 0 aliphatic heterocycles. The summed E-state index contributed by atoms with van der Waals surface area (Å²) in [5.74, 6) is -1.25. The highest BCUT2D eigenvalue weighted by atomic mass is 79.9. The van der Waals surface area contributed by atoms with Gasteiger partial charge in [-0.25, -0.2) is 9.37 Å². The molecule has 122 valence electrons. The molecule has 0 saturated carbocycles. The van der Waals surface area contributed by atoms with Crippen molar-refractivity contribution in [3.05, 3.63) is 63.3 Å². The normalized spacial score (nSPS) is 11.8. The van der Waals surface area contributed by atoms with E-state index < -0.39 is 5.97 Å². The SMILES string of the molecule is O=C(O)CC/C(=C/c1cc(Br)ccc1F)c1nc2ccccc2s1. The molecule has 3 aromatic rings. The number of carbonyl (C=O) groups is 1. The van der Waals surface area contributed by atoms with Crippen LogP contribution < -0.4 is 0 Å². The maximum atomic E-state index is 14.1. The fourth-order valence-electron chi connectivity index (χ4n) is 2.30. The number of hydrogen-bond acceptors (Lipinski definition) is 3. The molecule has 0 atom stereocenters. The van der Waals surface area contributed by atoms with E-state index in [1.54, 1.807) is 18.2 Å². The van der Waals surface area contributed by atoms with Crippen molar-refractivity contribution in [2.24, 2.45) is 0 Å². The van der Waals surface area contributed by atoms with Gasteiger partial charge in [-0.3, -0.25) is 4.79 Å². The second-order valence-corrected chi connectivity index (χ2v) is 7.16. The third-order valence-electron chi connectivity index (χ3n) is 3.46.